The highest BCUT2D eigenvalue weighted by Gasteiger charge is 2.34. The van der Waals surface area contributed by atoms with Crippen molar-refractivity contribution in [2.24, 2.45) is 0 Å². The topological polar surface area (TPSA) is 66.9 Å². The molecule has 0 spiro atoms. The number of amides is 1. The molecule has 2 N–H and O–H groups in total. The number of anilines is 1. The van der Waals surface area contributed by atoms with Gasteiger partial charge in [-0.15, -0.1) is 11.3 Å². The fourth-order valence-electron chi connectivity index (χ4n) is 3.69. The third-order valence-electron chi connectivity index (χ3n) is 5.43. The predicted molar refractivity (Wildman–Crippen MR) is 132 cm³/mol. The molecule has 0 saturated heterocycles. The summed E-state index contributed by atoms with van der Waals surface area (Å²) in [4.78, 5) is 21.1. The summed E-state index contributed by atoms with van der Waals surface area (Å²) in [6.07, 6.45) is 6.09. The van der Waals surface area contributed by atoms with Gasteiger partial charge < -0.3 is 5.32 Å². The van der Waals surface area contributed by atoms with Crippen LogP contribution in [0.3, 0.4) is 0 Å². The van der Waals surface area contributed by atoms with Crippen molar-refractivity contribution in [1.82, 2.24) is 15.3 Å². The number of pyridine rings is 1. The standard InChI is InChI=1S/C25H22ClF3N4OS/c1-15(32-22(16-8-4-2-5-9-16)17-10-6-3-7-11-17)24-31-14-20(35-24)23(34)33-21-12-18(25(27,28)29)19(26)13-30-21/h2,4-6,8-15,22,32H,3,7H2,1H3,(H,30,33,34). The normalized spacial score (nSPS) is 15.4. The van der Waals surface area contributed by atoms with Gasteiger partial charge in [0, 0.05) is 6.20 Å². The molecule has 2 aromatic heterocycles. The van der Waals surface area contributed by atoms with Gasteiger partial charge in [-0.05, 0) is 37.0 Å². The van der Waals surface area contributed by atoms with Crippen LogP contribution in [0.15, 0.2) is 72.6 Å². The van der Waals surface area contributed by atoms with Gasteiger partial charge in [0.15, 0.2) is 0 Å². The summed E-state index contributed by atoms with van der Waals surface area (Å²) < 4.78 is 39.3. The maximum Gasteiger partial charge on any atom is 0.418 e. The summed E-state index contributed by atoms with van der Waals surface area (Å²) in [6, 6.07) is 10.5. The van der Waals surface area contributed by atoms with Crippen LogP contribution >= 0.6 is 22.9 Å². The first-order chi connectivity index (χ1) is 16.7. The van der Waals surface area contributed by atoms with Gasteiger partial charge in [0.1, 0.15) is 15.7 Å². The molecule has 0 aliphatic heterocycles. The van der Waals surface area contributed by atoms with E-state index < -0.39 is 22.7 Å². The molecule has 0 bridgehead atoms. The summed E-state index contributed by atoms with van der Waals surface area (Å²) >= 11 is 6.76. The number of rotatable bonds is 7. The zero-order valence-corrected chi connectivity index (χ0v) is 20.2. The van der Waals surface area contributed by atoms with Gasteiger partial charge in [0.25, 0.3) is 5.91 Å². The van der Waals surface area contributed by atoms with E-state index in [1.807, 2.05) is 25.1 Å². The van der Waals surface area contributed by atoms with E-state index in [-0.39, 0.29) is 22.8 Å². The molecule has 3 aromatic rings. The van der Waals surface area contributed by atoms with Crippen molar-refractivity contribution < 1.29 is 18.0 Å². The van der Waals surface area contributed by atoms with Crippen LogP contribution in [0.5, 0.6) is 0 Å². The lowest BCUT2D eigenvalue weighted by atomic mass is 9.94. The van der Waals surface area contributed by atoms with E-state index >= 15 is 0 Å². The number of benzene rings is 1. The molecule has 1 aliphatic rings. The second kappa shape index (κ2) is 10.7. The molecule has 2 atom stereocenters. The van der Waals surface area contributed by atoms with Gasteiger partial charge in [0.05, 0.1) is 28.9 Å². The summed E-state index contributed by atoms with van der Waals surface area (Å²) in [5.41, 5.74) is 1.21. The Bertz CT molecular complexity index is 1260. The average molecular weight is 519 g/mol. The van der Waals surface area contributed by atoms with E-state index in [0.29, 0.717) is 11.1 Å². The van der Waals surface area contributed by atoms with Crippen molar-refractivity contribution in [3.8, 4) is 0 Å². The van der Waals surface area contributed by atoms with E-state index in [2.05, 4.69) is 51.0 Å². The average Bonchev–Trinajstić information content (AvgIpc) is 3.35. The Kier molecular flexibility index (Phi) is 7.69. The van der Waals surface area contributed by atoms with Gasteiger partial charge >= 0.3 is 6.18 Å². The summed E-state index contributed by atoms with van der Waals surface area (Å²) in [5.74, 6) is -0.838. The van der Waals surface area contributed by atoms with Crippen LogP contribution in [0.25, 0.3) is 0 Å². The Balaban J connectivity index is 1.49. The smallest absolute Gasteiger partial charge is 0.306 e. The van der Waals surface area contributed by atoms with Crippen LogP contribution in [-0.4, -0.2) is 15.9 Å². The fraction of sp³-hybridized carbons (Fsp3) is 0.240. The van der Waals surface area contributed by atoms with Crippen molar-refractivity contribution in [1.29, 1.82) is 0 Å². The molecule has 0 fully saturated rings. The van der Waals surface area contributed by atoms with E-state index in [9.17, 15) is 18.0 Å². The number of aromatic nitrogens is 2. The van der Waals surface area contributed by atoms with Crippen LogP contribution in [0.4, 0.5) is 19.0 Å². The number of allylic oxidation sites excluding steroid dienone is 2. The lowest BCUT2D eigenvalue weighted by molar-refractivity contribution is -0.137. The Morgan fingerprint density at radius 1 is 1.14 bits per heavy atom. The Morgan fingerprint density at radius 2 is 1.91 bits per heavy atom. The number of carbonyl (C=O) groups is 1. The molecule has 5 nitrogen and oxygen atoms in total. The van der Waals surface area contributed by atoms with Crippen molar-refractivity contribution in [3.05, 3.63) is 98.6 Å². The highest BCUT2D eigenvalue weighted by atomic mass is 35.5. The molecule has 1 aliphatic carbocycles. The number of hydrogen-bond donors (Lipinski definition) is 2. The predicted octanol–water partition coefficient (Wildman–Crippen LogP) is 7.13. The fourth-order valence-corrected chi connectivity index (χ4v) is 4.73. The summed E-state index contributed by atoms with van der Waals surface area (Å²) in [7, 11) is 0. The maximum absolute atomic E-state index is 13.1. The SMILES string of the molecule is CC(NC(C1=CCCC=C1)c1ccccc1)c1ncc(C(=O)Nc2cc(C(F)(F)F)c(Cl)cn2)s1. The van der Waals surface area contributed by atoms with Crippen molar-refractivity contribution in [2.45, 2.75) is 38.0 Å². The molecule has 10 heteroatoms. The van der Waals surface area contributed by atoms with E-state index in [4.69, 9.17) is 11.6 Å². The number of thiazole rings is 1. The Hall–Kier alpha value is -3.01. The molecule has 4 rings (SSSR count). The monoisotopic (exact) mass is 518 g/mol. The number of nitrogens with one attached hydrogen (secondary N) is 2. The van der Waals surface area contributed by atoms with Crippen LogP contribution < -0.4 is 10.6 Å². The van der Waals surface area contributed by atoms with Crippen molar-refractivity contribution in [3.63, 3.8) is 0 Å². The second-order valence-corrected chi connectivity index (χ2v) is 9.45. The molecule has 2 heterocycles. The highest BCUT2D eigenvalue weighted by Crippen LogP contribution is 2.35. The molecule has 1 aromatic carbocycles. The number of halogens is 4. The van der Waals surface area contributed by atoms with E-state index in [0.717, 1.165) is 30.2 Å². The minimum absolute atomic E-state index is 0.0528. The zero-order valence-electron chi connectivity index (χ0n) is 18.6. The largest absolute Gasteiger partial charge is 0.418 e. The molecule has 182 valence electrons. The molecule has 0 radical (unpaired) electrons. The van der Waals surface area contributed by atoms with Crippen LogP contribution in [0, 0.1) is 0 Å². The van der Waals surface area contributed by atoms with Gasteiger partial charge in [-0.2, -0.15) is 13.2 Å². The third kappa shape index (κ3) is 6.17. The van der Waals surface area contributed by atoms with Crippen LogP contribution in [-0.2, 0) is 6.18 Å². The van der Waals surface area contributed by atoms with E-state index in [1.54, 1.807) is 0 Å². The lowest BCUT2D eigenvalue weighted by Crippen LogP contribution is -2.26. The minimum atomic E-state index is -4.66. The number of carbonyl (C=O) groups excluding carboxylic acids is 1. The molecule has 35 heavy (non-hydrogen) atoms. The summed E-state index contributed by atoms with van der Waals surface area (Å²) in [5, 5.41) is 6.13. The number of nitrogens with zero attached hydrogens (tertiary/aromatic N) is 2. The third-order valence-corrected chi connectivity index (χ3v) is 6.91. The summed E-state index contributed by atoms with van der Waals surface area (Å²) in [6.45, 7) is 1.96. The quantitative estimate of drug-likeness (QED) is 0.349. The van der Waals surface area contributed by atoms with Crippen molar-refractivity contribution >= 4 is 34.7 Å². The molecule has 0 saturated carbocycles. The van der Waals surface area contributed by atoms with Crippen molar-refractivity contribution in [2.75, 3.05) is 5.32 Å². The first kappa shape index (κ1) is 25.1. The van der Waals surface area contributed by atoms with Gasteiger partial charge in [0.2, 0.25) is 0 Å². The number of hydrogen-bond acceptors (Lipinski definition) is 5. The van der Waals surface area contributed by atoms with Gasteiger partial charge in [-0.3, -0.25) is 10.1 Å². The first-order valence-corrected chi connectivity index (χ1v) is 12.1. The molecular formula is C25H22ClF3N4OS. The second-order valence-electron chi connectivity index (χ2n) is 7.98. The van der Waals surface area contributed by atoms with E-state index in [1.165, 1.54) is 17.5 Å². The zero-order chi connectivity index (χ0) is 25.0. The Morgan fingerprint density at radius 3 is 2.60 bits per heavy atom. The van der Waals surface area contributed by atoms with Crippen LogP contribution in [0.1, 0.15) is 57.7 Å². The van der Waals surface area contributed by atoms with Gasteiger partial charge in [-0.25, -0.2) is 9.97 Å². The lowest BCUT2D eigenvalue weighted by Gasteiger charge is -2.25. The molecule has 2 unspecified atom stereocenters. The Labute approximate surface area is 209 Å². The molecule has 1 amide bonds. The van der Waals surface area contributed by atoms with Crippen LogP contribution in [0.2, 0.25) is 5.02 Å². The maximum atomic E-state index is 13.1. The first-order valence-electron chi connectivity index (χ1n) is 10.9. The highest BCUT2D eigenvalue weighted by molar-refractivity contribution is 7.13. The number of alkyl halides is 3. The minimum Gasteiger partial charge on any atom is -0.306 e. The molecular weight excluding hydrogens is 497 g/mol. The van der Waals surface area contributed by atoms with Gasteiger partial charge in [-0.1, -0.05) is 60.2 Å².